The maximum Gasteiger partial charge on any atom is -0.0512 e. The van der Waals surface area contributed by atoms with Gasteiger partial charge in [0.1, 0.15) is 0 Å². The first-order valence-corrected chi connectivity index (χ1v) is 14.5. The maximum atomic E-state index is 3.16. The summed E-state index contributed by atoms with van der Waals surface area (Å²) >= 11 is 1.74. The first-order chi connectivity index (χ1) is 10.3. The molecule has 0 radical (unpaired) electrons. The van der Waals surface area contributed by atoms with E-state index in [-0.39, 0.29) is 30.2 Å². The summed E-state index contributed by atoms with van der Waals surface area (Å²) in [6.45, 7) is 11.3. The van der Waals surface area contributed by atoms with E-state index in [4.69, 9.17) is 0 Å². The summed E-state index contributed by atoms with van der Waals surface area (Å²) in [6.07, 6.45) is 13.8. The third-order valence-corrected chi connectivity index (χ3v) is 3.81. The first kappa shape index (κ1) is 26.7. The Morgan fingerprint density at radius 2 is 1.71 bits per heavy atom. The van der Waals surface area contributed by atoms with Crippen LogP contribution in [0.1, 0.15) is 51.2 Å². The maximum absolute atomic E-state index is 3.16. The normalized spacial score (nSPS) is 14.5. The van der Waals surface area contributed by atoms with Gasteiger partial charge in [0.2, 0.25) is 0 Å². The average Bonchev–Trinajstić information content (AvgIpc) is 3.10. The van der Waals surface area contributed by atoms with Gasteiger partial charge in [-0.1, -0.05) is 46.5 Å². The number of allylic oxidation sites excluding steroid dienone is 4. The Bertz CT molecular complexity index is 512. The molecule has 0 aliphatic heterocycles. The Balaban J connectivity index is 0. The Kier molecular flexibility index (Phi) is 15.2. The molecule has 0 atom stereocenters. The second-order valence-electron chi connectivity index (χ2n) is 7.27. The van der Waals surface area contributed by atoms with Gasteiger partial charge in [0.05, 0.1) is 0 Å². The zero-order valence-corrected chi connectivity index (χ0v) is 20.8. The van der Waals surface area contributed by atoms with Crippen molar-refractivity contribution in [1.29, 1.82) is 0 Å². The number of aryl methyl sites for hydroxylation is 2. The van der Waals surface area contributed by atoms with Crippen LogP contribution in [-0.4, -0.2) is 5.43 Å². The van der Waals surface area contributed by atoms with E-state index in [1.54, 1.807) is 34.5 Å². The van der Waals surface area contributed by atoms with Crippen LogP contribution in [0.5, 0.6) is 0 Å². The molecule has 0 nitrogen and oxygen atoms in total. The van der Waals surface area contributed by atoms with Gasteiger partial charge >= 0.3 is 41.9 Å². The standard InChI is InChI=1S/C9H11.C9H13.C2H6Si.2ClH.Zr/c1-2-5-9-7-3-6-8(9)4-1;1-9(2,3)8-6-4-5-7-8;1-3-2;;;/h3,6-7H,1-2,4-5H2;4,6H,7H2,1-3H3;1-2H3;2*1H;/q2*-1;;;;+2. The second kappa shape index (κ2) is 13.7. The van der Waals surface area contributed by atoms with Gasteiger partial charge in [0, 0.05) is 0 Å². The fourth-order valence-electron chi connectivity index (χ4n) is 2.52. The van der Waals surface area contributed by atoms with E-state index in [1.165, 1.54) is 31.3 Å². The Hall–Kier alpha value is 0.510. The van der Waals surface area contributed by atoms with Crippen molar-refractivity contribution in [1.82, 2.24) is 0 Å². The van der Waals surface area contributed by atoms with Gasteiger partial charge in [-0.2, -0.15) is 28.8 Å². The zero-order chi connectivity index (χ0) is 16.6. The van der Waals surface area contributed by atoms with Crippen LogP contribution in [0, 0.1) is 11.5 Å². The van der Waals surface area contributed by atoms with Crippen molar-refractivity contribution in [3.05, 3.63) is 53.1 Å². The van der Waals surface area contributed by atoms with Crippen LogP contribution < -0.4 is 0 Å². The van der Waals surface area contributed by atoms with Crippen molar-refractivity contribution < 1.29 is 23.3 Å². The van der Waals surface area contributed by atoms with Crippen LogP contribution in [0.15, 0.2) is 35.9 Å². The molecule has 2 aliphatic rings. The molecule has 0 aromatic heterocycles. The molecule has 0 fully saturated rings. The number of hydrogen-bond donors (Lipinski definition) is 0. The van der Waals surface area contributed by atoms with E-state index in [0.717, 1.165) is 6.42 Å². The number of fused-ring (bicyclic) bond motifs is 1. The number of hydrogen-bond acceptors (Lipinski definition) is 0. The number of rotatable bonds is 0. The van der Waals surface area contributed by atoms with E-state index in [9.17, 15) is 0 Å². The van der Waals surface area contributed by atoms with Crippen LogP contribution in [0.25, 0.3) is 0 Å². The van der Waals surface area contributed by atoms with E-state index in [1.807, 2.05) is 6.08 Å². The van der Waals surface area contributed by atoms with E-state index < -0.39 is 0 Å². The van der Waals surface area contributed by atoms with Crippen LogP contribution in [0.2, 0.25) is 13.1 Å². The van der Waals surface area contributed by atoms with Crippen LogP contribution in [0.4, 0.5) is 0 Å². The van der Waals surface area contributed by atoms with Gasteiger partial charge in [-0.25, -0.2) is 18.2 Å². The molecule has 0 bridgehead atoms. The molecule has 24 heavy (non-hydrogen) atoms. The summed E-state index contributed by atoms with van der Waals surface area (Å²) in [5.41, 5.74) is 5.24. The minimum atomic E-state index is 0. The topological polar surface area (TPSA) is 0 Å². The second-order valence-corrected chi connectivity index (χ2v) is 16.6. The van der Waals surface area contributed by atoms with E-state index >= 15 is 0 Å². The smallest absolute Gasteiger partial charge is 0.0512 e. The van der Waals surface area contributed by atoms with Gasteiger partial charge in [0.25, 0.3) is 0 Å². The van der Waals surface area contributed by atoms with Gasteiger partial charge in [-0.3, -0.25) is 6.08 Å². The predicted octanol–water partition coefficient (Wildman–Crippen LogP) is 6.63. The Labute approximate surface area is 177 Å². The monoisotopic (exact) mass is 460 g/mol. The minimum absolute atomic E-state index is 0. The van der Waals surface area contributed by atoms with Crippen molar-refractivity contribution in [3.63, 3.8) is 0 Å². The molecule has 4 heteroatoms. The van der Waals surface area contributed by atoms with Crippen LogP contribution in [-0.2, 0) is 36.2 Å². The van der Waals surface area contributed by atoms with Gasteiger partial charge < -0.3 is 0 Å². The third-order valence-electron chi connectivity index (χ3n) is 3.81. The van der Waals surface area contributed by atoms with Crippen LogP contribution >= 0.6 is 24.8 Å². The zero-order valence-electron chi connectivity index (χ0n) is 15.7. The summed E-state index contributed by atoms with van der Waals surface area (Å²) in [5.74, 6) is 0. The predicted molar refractivity (Wildman–Crippen MR) is 111 cm³/mol. The molecule has 0 N–H and O–H groups in total. The van der Waals surface area contributed by atoms with E-state index in [2.05, 4.69) is 64.2 Å². The molecule has 1 aromatic rings. The Morgan fingerprint density at radius 3 is 2.12 bits per heavy atom. The SMILES string of the molecule is CC(C)(C)C1=CC=[C-]C1.C[Si](C)=[Zr+2].Cl.Cl.c1cc2c([cH-]1)CCCC2. The summed E-state index contributed by atoms with van der Waals surface area (Å²) in [5, 5.41) is 0. The van der Waals surface area contributed by atoms with Gasteiger partial charge in [-0.05, 0) is 5.41 Å². The molecule has 0 amide bonds. The van der Waals surface area contributed by atoms with E-state index in [0.29, 0.717) is 5.41 Å². The average molecular weight is 463 g/mol. The quantitative estimate of drug-likeness (QED) is 0.300. The van der Waals surface area contributed by atoms with Gasteiger partial charge in [0.15, 0.2) is 0 Å². The van der Waals surface area contributed by atoms with Crippen LogP contribution in [0.3, 0.4) is 0 Å². The molecule has 3 rings (SSSR count). The molecule has 2 aliphatic carbocycles. The molecule has 1 aromatic carbocycles. The Morgan fingerprint density at radius 1 is 1.12 bits per heavy atom. The molecule has 0 saturated heterocycles. The third kappa shape index (κ3) is 11.2. The molecule has 0 unspecified atom stereocenters. The van der Waals surface area contributed by atoms with Crippen molar-refractivity contribution in [2.45, 2.75) is 66.0 Å². The van der Waals surface area contributed by atoms with Crippen molar-refractivity contribution in [2.75, 3.05) is 0 Å². The molecule has 0 spiro atoms. The molecule has 0 saturated carbocycles. The first-order valence-electron chi connectivity index (χ1n) is 8.32. The summed E-state index contributed by atoms with van der Waals surface area (Å²) in [6, 6.07) is 6.69. The number of halogens is 2. The fraction of sp³-hybridized carbons (Fsp3) is 0.550. The van der Waals surface area contributed by atoms with Crippen molar-refractivity contribution in [2.24, 2.45) is 5.41 Å². The molecule has 134 valence electrons. The largest absolute Gasteiger partial charge is 0.210 e. The minimum Gasteiger partial charge on any atom is -0.210 e. The molecular formula is C20H32Cl2SiZr. The summed E-state index contributed by atoms with van der Waals surface area (Å²) in [7, 11) is 0. The van der Waals surface area contributed by atoms with Crippen molar-refractivity contribution >= 4 is 30.2 Å². The molecular weight excluding hydrogens is 430 g/mol. The molecule has 0 heterocycles. The summed E-state index contributed by atoms with van der Waals surface area (Å²) < 4.78 is 0. The fourth-order valence-corrected chi connectivity index (χ4v) is 2.52. The van der Waals surface area contributed by atoms with Gasteiger partial charge in [-0.15, -0.1) is 31.2 Å². The summed E-state index contributed by atoms with van der Waals surface area (Å²) in [4.78, 5) is 0. The van der Waals surface area contributed by atoms with Crippen molar-refractivity contribution in [3.8, 4) is 0 Å².